The highest BCUT2D eigenvalue weighted by atomic mass is 35.5. The molecule has 1 aromatic rings. The smallest absolute Gasteiger partial charge is 0.315 e. The molecule has 2 nitrogen and oxygen atoms in total. The van der Waals surface area contributed by atoms with Crippen molar-refractivity contribution in [3.8, 4) is 0 Å². The number of carboxylic acids is 1. The normalized spacial score (nSPS) is 30.8. The second kappa shape index (κ2) is 3.28. The molecule has 2 atom stereocenters. The van der Waals surface area contributed by atoms with Crippen LogP contribution in [-0.2, 0) is 10.2 Å². The van der Waals surface area contributed by atoms with Gasteiger partial charge in [-0.3, -0.25) is 4.79 Å². The van der Waals surface area contributed by atoms with Gasteiger partial charge in [-0.2, -0.15) is 0 Å². The third-order valence-electron chi connectivity index (χ3n) is 3.00. The summed E-state index contributed by atoms with van der Waals surface area (Å²) in [6.45, 7) is 0. The van der Waals surface area contributed by atoms with E-state index >= 15 is 0 Å². The fourth-order valence-electron chi connectivity index (χ4n) is 1.97. The minimum absolute atomic E-state index is 0.276. The number of aliphatic carboxylic acids is 1. The van der Waals surface area contributed by atoms with Crippen LogP contribution >= 0.6 is 11.6 Å². The molecule has 2 unspecified atom stereocenters. The van der Waals surface area contributed by atoms with E-state index in [1.807, 2.05) is 30.3 Å². The fourth-order valence-corrected chi connectivity index (χ4v) is 2.40. The molecule has 1 aliphatic carbocycles. The van der Waals surface area contributed by atoms with Gasteiger partial charge in [-0.25, -0.2) is 0 Å². The van der Waals surface area contributed by atoms with Gasteiger partial charge in [0.15, 0.2) is 0 Å². The number of rotatable bonds is 2. The molecule has 1 aliphatic rings. The maximum atomic E-state index is 11.2. The van der Waals surface area contributed by atoms with E-state index in [1.54, 1.807) is 0 Å². The van der Waals surface area contributed by atoms with Crippen LogP contribution in [0.5, 0.6) is 0 Å². The summed E-state index contributed by atoms with van der Waals surface area (Å²) in [7, 11) is 0. The average molecular weight is 211 g/mol. The van der Waals surface area contributed by atoms with Crippen LogP contribution in [0.15, 0.2) is 30.3 Å². The predicted molar refractivity (Wildman–Crippen MR) is 54.6 cm³/mol. The lowest BCUT2D eigenvalue weighted by Gasteiger charge is -2.43. The average Bonchev–Trinajstić information content (AvgIpc) is 2.17. The summed E-state index contributed by atoms with van der Waals surface area (Å²) in [6, 6.07) is 9.25. The van der Waals surface area contributed by atoms with E-state index in [2.05, 4.69) is 0 Å². The molecule has 14 heavy (non-hydrogen) atoms. The first-order chi connectivity index (χ1) is 6.68. The van der Waals surface area contributed by atoms with Gasteiger partial charge in [0.2, 0.25) is 0 Å². The number of hydrogen-bond acceptors (Lipinski definition) is 1. The quantitative estimate of drug-likeness (QED) is 0.762. The van der Waals surface area contributed by atoms with E-state index in [1.165, 1.54) is 0 Å². The van der Waals surface area contributed by atoms with E-state index in [4.69, 9.17) is 11.6 Å². The summed E-state index contributed by atoms with van der Waals surface area (Å²) >= 11 is 6.02. The van der Waals surface area contributed by atoms with Gasteiger partial charge in [0.05, 0.1) is 5.38 Å². The van der Waals surface area contributed by atoms with Crippen molar-refractivity contribution in [3.63, 3.8) is 0 Å². The van der Waals surface area contributed by atoms with E-state index in [0.29, 0.717) is 6.42 Å². The second-order valence-corrected chi connectivity index (χ2v) is 4.18. The molecule has 2 rings (SSSR count). The van der Waals surface area contributed by atoms with Crippen LogP contribution in [0, 0.1) is 0 Å². The summed E-state index contributed by atoms with van der Waals surface area (Å²) in [5.41, 5.74) is -0.0261. The minimum Gasteiger partial charge on any atom is -0.481 e. The zero-order chi connectivity index (χ0) is 10.2. The highest BCUT2D eigenvalue weighted by Gasteiger charge is 2.53. The number of halogens is 1. The Kier molecular flexibility index (Phi) is 2.23. The molecule has 3 heteroatoms. The number of carbonyl (C=O) groups is 1. The molecule has 1 fully saturated rings. The standard InChI is InChI=1S/C11H11ClO2/c12-9-6-7-11(9,10(13)14)8-4-2-1-3-5-8/h1-5,9H,6-7H2,(H,13,14). The Balaban J connectivity index is 2.43. The van der Waals surface area contributed by atoms with Gasteiger partial charge in [0.1, 0.15) is 5.41 Å². The minimum atomic E-state index is -0.844. The summed E-state index contributed by atoms with van der Waals surface area (Å²) in [5.74, 6) is -0.810. The van der Waals surface area contributed by atoms with Crippen LogP contribution in [0.4, 0.5) is 0 Å². The third kappa shape index (κ3) is 1.14. The molecule has 0 bridgehead atoms. The molecule has 1 N–H and O–H groups in total. The monoisotopic (exact) mass is 210 g/mol. The first-order valence-corrected chi connectivity index (χ1v) is 5.04. The van der Waals surface area contributed by atoms with Crippen molar-refractivity contribution in [2.24, 2.45) is 0 Å². The number of benzene rings is 1. The molecular weight excluding hydrogens is 200 g/mol. The maximum Gasteiger partial charge on any atom is 0.315 e. The lowest BCUT2D eigenvalue weighted by atomic mass is 9.64. The maximum absolute atomic E-state index is 11.2. The van der Waals surface area contributed by atoms with Crippen molar-refractivity contribution in [2.45, 2.75) is 23.6 Å². The molecule has 0 aliphatic heterocycles. The lowest BCUT2D eigenvalue weighted by molar-refractivity contribution is -0.147. The molecule has 0 heterocycles. The summed E-state index contributed by atoms with van der Waals surface area (Å²) in [4.78, 5) is 11.2. The summed E-state index contributed by atoms with van der Waals surface area (Å²) in [5, 5.41) is 8.95. The van der Waals surface area contributed by atoms with Crippen molar-refractivity contribution in [1.82, 2.24) is 0 Å². The molecule has 0 radical (unpaired) electrons. The van der Waals surface area contributed by atoms with E-state index in [-0.39, 0.29) is 5.38 Å². The van der Waals surface area contributed by atoms with Gasteiger partial charge < -0.3 is 5.11 Å². The number of hydrogen-bond donors (Lipinski definition) is 1. The van der Waals surface area contributed by atoms with Crippen molar-refractivity contribution >= 4 is 17.6 Å². The molecule has 74 valence electrons. The van der Waals surface area contributed by atoms with Crippen LogP contribution in [-0.4, -0.2) is 16.5 Å². The van der Waals surface area contributed by atoms with Gasteiger partial charge in [0, 0.05) is 0 Å². The first-order valence-electron chi connectivity index (χ1n) is 4.61. The largest absolute Gasteiger partial charge is 0.481 e. The Morgan fingerprint density at radius 2 is 2.07 bits per heavy atom. The Bertz CT molecular complexity index is 350. The van der Waals surface area contributed by atoms with Crippen molar-refractivity contribution in [1.29, 1.82) is 0 Å². The Hall–Kier alpha value is -1.02. The van der Waals surface area contributed by atoms with Crippen molar-refractivity contribution < 1.29 is 9.90 Å². The Morgan fingerprint density at radius 1 is 1.43 bits per heavy atom. The highest BCUT2D eigenvalue weighted by Crippen LogP contribution is 2.47. The van der Waals surface area contributed by atoms with Crippen LogP contribution in [0.2, 0.25) is 0 Å². The van der Waals surface area contributed by atoms with Gasteiger partial charge in [-0.05, 0) is 18.4 Å². The van der Waals surface area contributed by atoms with E-state index in [0.717, 1.165) is 12.0 Å². The molecule has 0 spiro atoms. The molecule has 1 aromatic carbocycles. The van der Waals surface area contributed by atoms with E-state index in [9.17, 15) is 9.90 Å². The van der Waals surface area contributed by atoms with Crippen molar-refractivity contribution in [3.05, 3.63) is 35.9 Å². The van der Waals surface area contributed by atoms with Crippen LogP contribution in [0.1, 0.15) is 18.4 Å². The summed E-state index contributed by atoms with van der Waals surface area (Å²) in [6.07, 6.45) is 1.42. The number of alkyl halides is 1. The SMILES string of the molecule is O=C(O)C1(c2ccccc2)CCC1Cl. The molecule has 1 saturated carbocycles. The second-order valence-electron chi connectivity index (χ2n) is 3.65. The Labute approximate surface area is 87.5 Å². The molecule has 0 saturated heterocycles. The Morgan fingerprint density at radius 3 is 2.43 bits per heavy atom. The van der Waals surface area contributed by atoms with Gasteiger partial charge in [-0.15, -0.1) is 11.6 Å². The third-order valence-corrected chi connectivity index (χ3v) is 3.59. The van der Waals surface area contributed by atoms with Crippen LogP contribution in [0.3, 0.4) is 0 Å². The van der Waals surface area contributed by atoms with Crippen LogP contribution < -0.4 is 0 Å². The molecular formula is C11H11ClO2. The van der Waals surface area contributed by atoms with E-state index < -0.39 is 11.4 Å². The zero-order valence-electron chi connectivity index (χ0n) is 7.61. The van der Waals surface area contributed by atoms with Gasteiger partial charge in [-0.1, -0.05) is 30.3 Å². The first kappa shape index (κ1) is 9.53. The zero-order valence-corrected chi connectivity index (χ0v) is 8.37. The van der Waals surface area contributed by atoms with Crippen molar-refractivity contribution in [2.75, 3.05) is 0 Å². The van der Waals surface area contributed by atoms with Gasteiger partial charge in [0.25, 0.3) is 0 Å². The fraction of sp³-hybridized carbons (Fsp3) is 0.364. The topological polar surface area (TPSA) is 37.3 Å². The lowest BCUT2D eigenvalue weighted by Crippen LogP contribution is -2.51. The molecule has 0 aromatic heterocycles. The highest BCUT2D eigenvalue weighted by molar-refractivity contribution is 6.24. The molecule has 0 amide bonds. The predicted octanol–water partition coefficient (Wildman–Crippen LogP) is 2.41. The van der Waals surface area contributed by atoms with Crippen LogP contribution in [0.25, 0.3) is 0 Å². The number of carboxylic acid groups (broad SMARTS) is 1. The summed E-state index contributed by atoms with van der Waals surface area (Å²) < 4.78 is 0. The van der Waals surface area contributed by atoms with Gasteiger partial charge >= 0.3 is 5.97 Å².